The highest BCUT2D eigenvalue weighted by Gasteiger charge is 2.26. The Kier molecular flexibility index (Phi) is 2.97. The minimum absolute atomic E-state index is 0.314. The molecule has 0 unspecified atom stereocenters. The summed E-state index contributed by atoms with van der Waals surface area (Å²) in [6, 6.07) is 4.45. The van der Waals surface area contributed by atoms with E-state index in [0.717, 1.165) is 12.5 Å². The van der Waals surface area contributed by atoms with Gasteiger partial charge in [0.25, 0.3) is 0 Å². The standard InChI is InChI=1S/C14H17FN4/c1-9-4-10(5-9)8-19-14(16)7-13(18-19)12-6-11(15)2-3-17-12/h2-3,6-7,9-10H,4-5,8,16H2,1H3. The van der Waals surface area contributed by atoms with E-state index in [2.05, 4.69) is 17.0 Å². The Morgan fingerprint density at radius 1 is 1.37 bits per heavy atom. The van der Waals surface area contributed by atoms with Crippen LogP contribution < -0.4 is 5.73 Å². The second-order valence-corrected chi connectivity index (χ2v) is 5.44. The Morgan fingerprint density at radius 3 is 2.84 bits per heavy atom. The van der Waals surface area contributed by atoms with Gasteiger partial charge in [-0.1, -0.05) is 6.92 Å². The van der Waals surface area contributed by atoms with Crippen molar-refractivity contribution in [2.75, 3.05) is 5.73 Å². The van der Waals surface area contributed by atoms with Crippen molar-refractivity contribution in [1.82, 2.24) is 14.8 Å². The monoisotopic (exact) mass is 260 g/mol. The van der Waals surface area contributed by atoms with E-state index < -0.39 is 0 Å². The normalized spacial score (nSPS) is 22.2. The number of anilines is 1. The lowest BCUT2D eigenvalue weighted by Crippen LogP contribution is -2.26. The highest BCUT2D eigenvalue weighted by atomic mass is 19.1. The van der Waals surface area contributed by atoms with Gasteiger partial charge in [0.1, 0.15) is 17.3 Å². The molecule has 0 bridgehead atoms. The lowest BCUT2D eigenvalue weighted by Gasteiger charge is -2.32. The number of hydrogen-bond donors (Lipinski definition) is 1. The van der Waals surface area contributed by atoms with Crippen molar-refractivity contribution >= 4 is 5.82 Å². The Labute approximate surface area is 111 Å². The zero-order valence-electron chi connectivity index (χ0n) is 10.9. The van der Waals surface area contributed by atoms with E-state index in [1.54, 1.807) is 10.7 Å². The molecule has 1 aliphatic rings. The van der Waals surface area contributed by atoms with Crippen LogP contribution in [0.5, 0.6) is 0 Å². The molecule has 2 heterocycles. The summed E-state index contributed by atoms with van der Waals surface area (Å²) in [5.74, 6) is 1.77. The van der Waals surface area contributed by atoms with Gasteiger partial charge in [0.2, 0.25) is 0 Å². The molecule has 0 amide bonds. The number of rotatable bonds is 3. The first-order valence-corrected chi connectivity index (χ1v) is 6.57. The molecule has 1 fully saturated rings. The Hall–Kier alpha value is -1.91. The molecule has 0 atom stereocenters. The van der Waals surface area contributed by atoms with Gasteiger partial charge >= 0.3 is 0 Å². The fraction of sp³-hybridized carbons (Fsp3) is 0.429. The van der Waals surface area contributed by atoms with Crippen LogP contribution in [0.15, 0.2) is 24.4 Å². The van der Waals surface area contributed by atoms with E-state index in [0.29, 0.717) is 23.1 Å². The number of nitrogen functional groups attached to an aromatic ring is 1. The Balaban J connectivity index is 1.81. The zero-order valence-corrected chi connectivity index (χ0v) is 10.9. The molecule has 0 saturated heterocycles. The third-order valence-electron chi connectivity index (χ3n) is 3.70. The summed E-state index contributed by atoms with van der Waals surface area (Å²) in [5, 5.41) is 4.43. The highest BCUT2D eigenvalue weighted by Crippen LogP contribution is 2.34. The van der Waals surface area contributed by atoms with Crippen molar-refractivity contribution in [2.24, 2.45) is 11.8 Å². The Bertz CT molecular complexity index is 587. The summed E-state index contributed by atoms with van der Waals surface area (Å²) in [5.41, 5.74) is 7.11. The molecule has 0 aromatic carbocycles. The summed E-state index contributed by atoms with van der Waals surface area (Å²) in [7, 11) is 0. The molecule has 1 aliphatic carbocycles. The van der Waals surface area contributed by atoms with Crippen molar-refractivity contribution in [3.05, 3.63) is 30.2 Å². The molecular formula is C14H17FN4. The van der Waals surface area contributed by atoms with Gasteiger partial charge in [0.15, 0.2) is 0 Å². The number of nitrogens with two attached hydrogens (primary N) is 1. The molecule has 4 nitrogen and oxygen atoms in total. The van der Waals surface area contributed by atoms with Gasteiger partial charge in [-0.15, -0.1) is 0 Å². The molecule has 100 valence electrons. The summed E-state index contributed by atoms with van der Waals surface area (Å²) in [4.78, 5) is 4.12. The number of aromatic nitrogens is 3. The third kappa shape index (κ3) is 2.45. The van der Waals surface area contributed by atoms with Crippen LogP contribution >= 0.6 is 0 Å². The van der Waals surface area contributed by atoms with Crippen LogP contribution in [0.2, 0.25) is 0 Å². The van der Waals surface area contributed by atoms with E-state index in [4.69, 9.17) is 5.73 Å². The lowest BCUT2D eigenvalue weighted by atomic mass is 9.76. The largest absolute Gasteiger partial charge is 0.384 e. The van der Waals surface area contributed by atoms with Crippen molar-refractivity contribution in [3.8, 4) is 11.4 Å². The lowest BCUT2D eigenvalue weighted by molar-refractivity contribution is 0.183. The molecule has 3 rings (SSSR count). The zero-order chi connectivity index (χ0) is 13.4. The molecule has 2 aromatic heterocycles. The van der Waals surface area contributed by atoms with Crippen LogP contribution in [0.4, 0.5) is 10.2 Å². The summed E-state index contributed by atoms with van der Waals surface area (Å²) in [6.45, 7) is 3.09. The van der Waals surface area contributed by atoms with Crippen molar-refractivity contribution < 1.29 is 4.39 Å². The molecule has 0 radical (unpaired) electrons. The number of hydrogen-bond acceptors (Lipinski definition) is 3. The molecule has 2 N–H and O–H groups in total. The first-order chi connectivity index (χ1) is 9.11. The Morgan fingerprint density at radius 2 is 2.16 bits per heavy atom. The van der Waals surface area contributed by atoms with Gasteiger partial charge in [-0.2, -0.15) is 5.10 Å². The van der Waals surface area contributed by atoms with E-state index in [-0.39, 0.29) is 5.82 Å². The maximum Gasteiger partial charge on any atom is 0.126 e. The second kappa shape index (κ2) is 4.64. The van der Waals surface area contributed by atoms with Crippen LogP contribution in [-0.4, -0.2) is 14.8 Å². The minimum Gasteiger partial charge on any atom is -0.384 e. The molecule has 2 aromatic rings. The van der Waals surface area contributed by atoms with Crippen LogP contribution in [0.3, 0.4) is 0 Å². The average molecular weight is 260 g/mol. The van der Waals surface area contributed by atoms with Gasteiger partial charge < -0.3 is 5.73 Å². The summed E-state index contributed by atoms with van der Waals surface area (Å²) in [6.07, 6.45) is 3.90. The fourth-order valence-electron chi connectivity index (χ4n) is 2.71. The van der Waals surface area contributed by atoms with Crippen LogP contribution in [0.1, 0.15) is 19.8 Å². The van der Waals surface area contributed by atoms with Crippen LogP contribution in [0.25, 0.3) is 11.4 Å². The summed E-state index contributed by atoms with van der Waals surface area (Å²) < 4.78 is 15.0. The predicted molar refractivity (Wildman–Crippen MR) is 71.7 cm³/mol. The molecule has 0 aliphatic heterocycles. The molecular weight excluding hydrogens is 243 g/mol. The van der Waals surface area contributed by atoms with Gasteiger partial charge in [-0.25, -0.2) is 9.07 Å². The summed E-state index contributed by atoms with van der Waals surface area (Å²) >= 11 is 0. The molecule has 19 heavy (non-hydrogen) atoms. The number of halogens is 1. The van der Waals surface area contributed by atoms with E-state index in [9.17, 15) is 4.39 Å². The minimum atomic E-state index is -0.314. The number of pyridine rings is 1. The smallest absolute Gasteiger partial charge is 0.126 e. The SMILES string of the molecule is CC1CC(Cn2nc(-c3cc(F)ccn3)cc2N)C1. The van der Waals surface area contributed by atoms with Crippen molar-refractivity contribution in [1.29, 1.82) is 0 Å². The van der Waals surface area contributed by atoms with E-state index in [1.165, 1.54) is 31.2 Å². The maximum absolute atomic E-state index is 13.2. The van der Waals surface area contributed by atoms with Crippen LogP contribution in [-0.2, 0) is 6.54 Å². The van der Waals surface area contributed by atoms with Gasteiger partial charge in [0, 0.05) is 24.9 Å². The first kappa shape index (κ1) is 12.1. The highest BCUT2D eigenvalue weighted by molar-refractivity contribution is 5.58. The quantitative estimate of drug-likeness (QED) is 0.923. The molecule has 5 heteroatoms. The molecule has 0 spiro atoms. The number of nitrogens with zero attached hydrogens (tertiary/aromatic N) is 3. The van der Waals surface area contributed by atoms with Gasteiger partial charge in [-0.05, 0) is 30.7 Å². The van der Waals surface area contributed by atoms with Crippen LogP contribution in [0, 0.1) is 17.7 Å². The second-order valence-electron chi connectivity index (χ2n) is 5.44. The van der Waals surface area contributed by atoms with E-state index in [1.807, 2.05) is 0 Å². The fourth-order valence-corrected chi connectivity index (χ4v) is 2.71. The first-order valence-electron chi connectivity index (χ1n) is 6.57. The predicted octanol–water partition coefficient (Wildman–Crippen LogP) is 2.71. The topological polar surface area (TPSA) is 56.7 Å². The van der Waals surface area contributed by atoms with E-state index >= 15 is 0 Å². The van der Waals surface area contributed by atoms with Crippen molar-refractivity contribution in [3.63, 3.8) is 0 Å². The van der Waals surface area contributed by atoms with Gasteiger partial charge in [-0.3, -0.25) is 4.98 Å². The molecule has 1 saturated carbocycles. The maximum atomic E-state index is 13.2. The van der Waals surface area contributed by atoms with Gasteiger partial charge in [0.05, 0.1) is 5.69 Å². The average Bonchev–Trinajstić information content (AvgIpc) is 2.69. The third-order valence-corrected chi connectivity index (χ3v) is 3.70. The van der Waals surface area contributed by atoms with Crippen molar-refractivity contribution in [2.45, 2.75) is 26.3 Å².